The fourth-order valence-electron chi connectivity index (χ4n) is 3.01. The van der Waals surface area contributed by atoms with Crippen molar-refractivity contribution >= 4 is 34.7 Å². The minimum Gasteiger partial charge on any atom is -0.490 e. The van der Waals surface area contributed by atoms with Gasteiger partial charge in [-0.3, -0.25) is 20.2 Å². The number of barbiturate groups is 1. The van der Waals surface area contributed by atoms with Crippen LogP contribution in [0.1, 0.15) is 5.56 Å². The molecule has 7 heteroatoms. The van der Waals surface area contributed by atoms with Gasteiger partial charge in [-0.05, 0) is 46.7 Å². The molecule has 1 aliphatic rings. The smallest absolute Gasteiger partial charge is 0.328 e. The summed E-state index contributed by atoms with van der Waals surface area (Å²) in [6, 6.07) is 20.1. The minimum absolute atomic E-state index is 0.132. The molecular formula is C23H18N2O5. The summed E-state index contributed by atoms with van der Waals surface area (Å²) >= 11 is 0. The number of hydrogen-bond donors (Lipinski definition) is 2. The number of benzene rings is 3. The Morgan fingerprint density at radius 1 is 0.700 bits per heavy atom. The maximum absolute atomic E-state index is 11.8. The van der Waals surface area contributed by atoms with E-state index in [2.05, 4.69) is 6.07 Å². The van der Waals surface area contributed by atoms with Crippen LogP contribution in [-0.2, 0) is 9.59 Å². The van der Waals surface area contributed by atoms with E-state index < -0.39 is 17.8 Å². The molecule has 0 atom stereocenters. The Balaban J connectivity index is 1.30. The second-order valence-electron chi connectivity index (χ2n) is 6.57. The first kappa shape index (κ1) is 19.2. The summed E-state index contributed by atoms with van der Waals surface area (Å²) < 4.78 is 11.4. The molecule has 4 amide bonds. The van der Waals surface area contributed by atoms with Crippen molar-refractivity contribution in [3.05, 3.63) is 77.9 Å². The predicted octanol–water partition coefficient (Wildman–Crippen LogP) is 3.05. The third-order valence-corrected chi connectivity index (χ3v) is 4.48. The van der Waals surface area contributed by atoms with Gasteiger partial charge < -0.3 is 9.47 Å². The van der Waals surface area contributed by atoms with Crippen LogP contribution in [0.2, 0.25) is 0 Å². The van der Waals surface area contributed by atoms with Crippen molar-refractivity contribution in [2.75, 3.05) is 13.2 Å². The normalized spacial score (nSPS) is 13.6. The number of carbonyl (C=O) groups is 3. The van der Waals surface area contributed by atoms with E-state index in [4.69, 9.17) is 9.47 Å². The van der Waals surface area contributed by atoms with Crippen molar-refractivity contribution in [3.8, 4) is 11.5 Å². The van der Waals surface area contributed by atoms with Crippen LogP contribution in [0, 0.1) is 0 Å². The van der Waals surface area contributed by atoms with E-state index >= 15 is 0 Å². The zero-order chi connectivity index (χ0) is 20.9. The van der Waals surface area contributed by atoms with Crippen LogP contribution in [0.5, 0.6) is 11.5 Å². The van der Waals surface area contributed by atoms with Gasteiger partial charge in [-0.2, -0.15) is 0 Å². The van der Waals surface area contributed by atoms with Crippen LogP contribution in [0.15, 0.2) is 72.3 Å². The molecule has 150 valence electrons. The Labute approximate surface area is 172 Å². The molecule has 1 heterocycles. The van der Waals surface area contributed by atoms with Crippen LogP contribution < -0.4 is 20.1 Å². The second kappa shape index (κ2) is 8.48. The second-order valence-corrected chi connectivity index (χ2v) is 6.57. The van der Waals surface area contributed by atoms with Gasteiger partial charge in [0.1, 0.15) is 30.3 Å². The molecule has 1 fully saturated rings. The standard InChI is InChI=1S/C23H18N2O5/c26-21-20(22(27)25-23(28)24-21)13-15-5-8-18(9-6-15)29-11-12-30-19-10-7-16-3-1-2-4-17(16)14-19/h1-10,13-14H,11-12H2,(H2,24,25,26,27,28). The molecule has 3 aromatic carbocycles. The number of imide groups is 2. The first-order valence-electron chi connectivity index (χ1n) is 9.31. The van der Waals surface area contributed by atoms with Crippen LogP contribution in [0.3, 0.4) is 0 Å². The molecule has 0 radical (unpaired) electrons. The van der Waals surface area contributed by atoms with E-state index in [1.54, 1.807) is 24.3 Å². The third-order valence-electron chi connectivity index (χ3n) is 4.48. The zero-order valence-electron chi connectivity index (χ0n) is 15.9. The molecule has 0 spiro atoms. The highest BCUT2D eigenvalue weighted by Crippen LogP contribution is 2.21. The van der Waals surface area contributed by atoms with Gasteiger partial charge in [0, 0.05) is 0 Å². The topological polar surface area (TPSA) is 93.7 Å². The van der Waals surface area contributed by atoms with Crippen LogP contribution in [-0.4, -0.2) is 31.1 Å². The molecule has 1 saturated heterocycles. The van der Waals surface area contributed by atoms with Crippen LogP contribution in [0.25, 0.3) is 16.8 Å². The summed E-state index contributed by atoms with van der Waals surface area (Å²) in [4.78, 5) is 34.6. The monoisotopic (exact) mass is 402 g/mol. The highest BCUT2D eigenvalue weighted by Gasteiger charge is 2.27. The molecule has 30 heavy (non-hydrogen) atoms. The first-order chi connectivity index (χ1) is 14.6. The number of amides is 4. The Morgan fingerprint density at radius 3 is 2.00 bits per heavy atom. The van der Waals surface area contributed by atoms with E-state index in [9.17, 15) is 14.4 Å². The van der Waals surface area contributed by atoms with Crippen LogP contribution >= 0.6 is 0 Å². The largest absolute Gasteiger partial charge is 0.490 e. The molecule has 1 aliphatic heterocycles. The highest BCUT2D eigenvalue weighted by atomic mass is 16.5. The molecule has 0 saturated carbocycles. The lowest BCUT2D eigenvalue weighted by atomic mass is 10.1. The Hall–Kier alpha value is -4.13. The number of urea groups is 1. The summed E-state index contributed by atoms with van der Waals surface area (Å²) in [5.41, 5.74) is 0.497. The molecule has 0 aliphatic carbocycles. The molecule has 3 aromatic rings. The molecule has 0 bridgehead atoms. The summed E-state index contributed by atoms with van der Waals surface area (Å²) in [7, 11) is 0. The average Bonchev–Trinajstić information content (AvgIpc) is 2.74. The number of hydrogen-bond acceptors (Lipinski definition) is 5. The molecule has 2 N–H and O–H groups in total. The van der Waals surface area contributed by atoms with Crippen molar-refractivity contribution < 1.29 is 23.9 Å². The molecule has 4 rings (SSSR count). The maximum atomic E-state index is 11.8. The van der Waals surface area contributed by atoms with E-state index in [1.807, 2.05) is 47.0 Å². The number of nitrogens with one attached hydrogen (secondary N) is 2. The van der Waals surface area contributed by atoms with Gasteiger partial charge in [0.25, 0.3) is 11.8 Å². The lowest BCUT2D eigenvalue weighted by Gasteiger charge is -2.14. The lowest BCUT2D eigenvalue weighted by molar-refractivity contribution is -0.123. The quantitative estimate of drug-likeness (QED) is 0.376. The van der Waals surface area contributed by atoms with Gasteiger partial charge in [0.2, 0.25) is 0 Å². The molecule has 7 nitrogen and oxygen atoms in total. The summed E-state index contributed by atoms with van der Waals surface area (Å²) in [5.74, 6) is -0.0430. The first-order valence-corrected chi connectivity index (χ1v) is 9.31. The molecule has 0 aromatic heterocycles. The van der Waals surface area contributed by atoms with Gasteiger partial charge in [0.15, 0.2) is 0 Å². The molecule has 0 unspecified atom stereocenters. The van der Waals surface area contributed by atoms with Crippen molar-refractivity contribution in [2.24, 2.45) is 0 Å². The van der Waals surface area contributed by atoms with E-state index in [0.29, 0.717) is 24.5 Å². The summed E-state index contributed by atoms with van der Waals surface area (Å²) in [6.45, 7) is 0.749. The number of fused-ring (bicyclic) bond motifs is 1. The van der Waals surface area contributed by atoms with Crippen molar-refractivity contribution in [3.63, 3.8) is 0 Å². The van der Waals surface area contributed by atoms with Gasteiger partial charge in [-0.15, -0.1) is 0 Å². The average molecular weight is 402 g/mol. The maximum Gasteiger partial charge on any atom is 0.328 e. The zero-order valence-corrected chi connectivity index (χ0v) is 15.9. The number of carbonyl (C=O) groups excluding carboxylic acids is 3. The predicted molar refractivity (Wildman–Crippen MR) is 111 cm³/mol. The molecular weight excluding hydrogens is 384 g/mol. The van der Waals surface area contributed by atoms with E-state index in [1.165, 1.54) is 6.08 Å². The van der Waals surface area contributed by atoms with Gasteiger partial charge in [-0.1, -0.05) is 42.5 Å². The Kier molecular flexibility index (Phi) is 5.43. The van der Waals surface area contributed by atoms with Crippen molar-refractivity contribution in [2.45, 2.75) is 0 Å². The van der Waals surface area contributed by atoms with Gasteiger partial charge in [0.05, 0.1) is 0 Å². The van der Waals surface area contributed by atoms with Crippen LogP contribution in [0.4, 0.5) is 4.79 Å². The Morgan fingerprint density at radius 2 is 1.30 bits per heavy atom. The third kappa shape index (κ3) is 4.47. The minimum atomic E-state index is -0.822. The van der Waals surface area contributed by atoms with Crippen molar-refractivity contribution in [1.82, 2.24) is 10.6 Å². The summed E-state index contributed by atoms with van der Waals surface area (Å²) in [5, 5.41) is 6.34. The fourth-order valence-corrected chi connectivity index (χ4v) is 3.01. The van der Waals surface area contributed by atoms with E-state index in [0.717, 1.165) is 16.5 Å². The fraction of sp³-hybridized carbons (Fsp3) is 0.0870. The number of ether oxygens (including phenoxy) is 2. The Bertz CT molecular complexity index is 1130. The highest BCUT2D eigenvalue weighted by molar-refractivity contribution is 6.31. The van der Waals surface area contributed by atoms with E-state index in [-0.39, 0.29) is 5.57 Å². The SMILES string of the molecule is O=C1NC(=O)C(=Cc2ccc(OCCOc3ccc4ccccc4c3)cc2)C(=O)N1. The number of rotatable bonds is 6. The summed E-state index contributed by atoms with van der Waals surface area (Å²) in [6.07, 6.45) is 1.41. The van der Waals surface area contributed by atoms with Crippen molar-refractivity contribution in [1.29, 1.82) is 0 Å². The van der Waals surface area contributed by atoms with Gasteiger partial charge >= 0.3 is 6.03 Å². The lowest BCUT2D eigenvalue weighted by Crippen LogP contribution is -2.51. The van der Waals surface area contributed by atoms with Gasteiger partial charge in [-0.25, -0.2) is 4.79 Å².